The number of anilines is 1. The highest BCUT2D eigenvalue weighted by molar-refractivity contribution is 7.92. The highest BCUT2D eigenvalue weighted by Gasteiger charge is 2.34. The molecule has 0 radical (unpaired) electrons. The fraction of sp³-hybridized carbons (Fsp3) is 0.394. The van der Waals surface area contributed by atoms with E-state index in [-0.39, 0.29) is 29.1 Å². The Balaban J connectivity index is 1.73. The van der Waals surface area contributed by atoms with Crippen LogP contribution in [0, 0.1) is 13.8 Å². The van der Waals surface area contributed by atoms with E-state index < -0.39 is 28.5 Å². The van der Waals surface area contributed by atoms with Gasteiger partial charge in [0.05, 0.1) is 17.2 Å². The lowest BCUT2D eigenvalue weighted by atomic mass is 10.1. The van der Waals surface area contributed by atoms with Crippen LogP contribution >= 0.6 is 0 Å². The third kappa shape index (κ3) is 7.31. The van der Waals surface area contributed by atoms with Gasteiger partial charge in [0.2, 0.25) is 11.8 Å². The Labute approximate surface area is 249 Å². The third-order valence-electron chi connectivity index (χ3n) is 7.79. The van der Waals surface area contributed by atoms with Crippen molar-refractivity contribution in [3.05, 3.63) is 89.5 Å². The van der Waals surface area contributed by atoms with Crippen LogP contribution in [0.1, 0.15) is 56.2 Å². The monoisotopic (exact) mass is 591 g/mol. The van der Waals surface area contributed by atoms with Gasteiger partial charge in [0, 0.05) is 12.6 Å². The first kappa shape index (κ1) is 31.1. The lowest BCUT2D eigenvalue weighted by Gasteiger charge is -2.33. The first-order valence-electron chi connectivity index (χ1n) is 14.6. The summed E-state index contributed by atoms with van der Waals surface area (Å²) in [4.78, 5) is 29.2. The predicted molar refractivity (Wildman–Crippen MR) is 165 cm³/mol. The summed E-state index contributed by atoms with van der Waals surface area (Å²) in [5, 5.41) is 3.10. The number of rotatable bonds is 12. The zero-order valence-corrected chi connectivity index (χ0v) is 25.7. The molecule has 2 amide bonds. The molecule has 0 bridgehead atoms. The summed E-state index contributed by atoms with van der Waals surface area (Å²) in [5.74, 6) is -0.387. The number of benzene rings is 3. The molecule has 1 N–H and O–H groups in total. The molecule has 42 heavy (non-hydrogen) atoms. The molecule has 1 aliphatic carbocycles. The highest BCUT2D eigenvalue weighted by atomic mass is 32.2. The molecule has 0 spiro atoms. The Bertz CT molecular complexity index is 1480. The average molecular weight is 592 g/mol. The molecule has 0 aromatic heterocycles. The lowest BCUT2D eigenvalue weighted by molar-refractivity contribution is -0.139. The van der Waals surface area contributed by atoms with E-state index in [0.717, 1.165) is 46.7 Å². The van der Waals surface area contributed by atoms with Gasteiger partial charge in [-0.05, 0) is 75.9 Å². The molecule has 9 heteroatoms. The van der Waals surface area contributed by atoms with Crippen LogP contribution in [-0.2, 0) is 26.2 Å². The second-order valence-electron chi connectivity index (χ2n) is 10.8. The van der Waals surface area contributed by atoms with Gasteiger partial charge in [-0.1, -0.05) is 66.9 Å². The fourth-order valence-corrected chi connectivity index (χ4v) is 6.66. The maximum Gasteiger partial charge on any atom is 0.264 e. The van der Waals surface area contributed by atoms with Gasteiger partial charge in [0.25, 0.3) is 10.0 Å². The zero-order chi connectivity index (χ0) is 30.3. The van der Waals surface area contributed by atoms with Crippen LogP contribution in [0.2, 0.25) is 0 Å². The molecule has 1 saturated carbocycles. The van der Waals surface area contributed by atoms with E-state index in [0.29, 0.717) is 12.4 Å². The molecule has 8 nitrogen and oxygen atoms in total. The van der Waals surface area contributed by atoms with Crippen LogP contribution in [-0.4, -0.2) is 50.4 Å². The summed E-state index contributed by atoms with van der Waals surface area (Å²) in [5.41, 5.74) is 3.03. The maximum atomic E-state index is 14.2. The molecule has 224 valence electrons. The summed E-state index contributed by atoms with van der Waals surface area (Å²) in [6.07, 6.45) is 3.97. The number of carbonyl (C=O) groups excluding carboxylic acids is 2. The molecule has 1 fully saturated rings. The smallest absolute Gasteiger partial charge is 0.264 e. The summed E-state index contributed by atoms with van der Waals surface area (Å²) in [6, 6.07) is 20.3. The van der Waals surface area contributed by atoms with Gasteiger partial charge < -0.3 is 15.0 Å². The quantitative estimate of drug-likeness (QED) is 0.305. The van der Waals surface area contributed by atoms with Gasteiger partial charge in [-0.3, -0.25) is 13.9 Å². The molecule has 1 unspecified atom stereocenters. The summed E-state index contributed by atoms with van der Waals surface area (Å²) in [6.45, 7) is 7.32. The number of hydrogen-bond donors (Lipinski definition) is 1. The van der Waals surface area contributed by atoms with Crippen molar-refractivity contribution in [1.29, 1.82) is 0 Å². The topological polar surface area (TPSA) is 96.0 Å². The second-order valence-corrected chi connectivity index (χ2v) is 12.7. The minimum atomic E-state index is -4.18. The first-order valence-corrected chi connectivity index (χ1v) is 16.0. The van der Waals surface area contributed by atoms with Crippen molar-refractivity contribution in [2.45, 2.75) is 76.9 Å². The van der Waals surface area contributed by atoms with Crippen LogP contribution in [0.5, 0.6) is 5.75 Å². The normalized spacial score (nSPS) is 14.3. The van der Waals surface area contributed by atoms with Crippen molar-refractivity contribution in [3.63, 3.8) is 0 Å². The second kappa shape index (κ2) is 13.9. The largest absolute Gasteiger partial charge is 0.492 e. The molecule has 0 heterocycles. The Morgan fingerprint density at radius 3 is 2.26 bits per heavy atom. The van der Waals surface area contributed by atoms with Gasteiger partial charge in [-0.2, -0.15) is 0 Å². The van der Waals surface area contributed by atoms with E-state index >= 15 is 0 Å². The Morgan fingerprint density at radius 2 is 1.60 bits per heavy atom. The molecule has 1 aliphatic rings. The fourth-order valence-electron chi connectivity index (χ4n) is 5.24. The molecule has 3 aromatic carbocycles. The SMILES string of the molecule is CCOc1ccccc1N(CC(=O)N(Cc1ccccc1C)C(C)C(=O)NC1CCCC1)S(=O)(=O)c1ccc(C)cc1. The van der Waals surface area contributed by atoms with Crippen molar-refractivity contribution in [3.8, 4) is 5.75 Å². The summed E-state index contributed by atoms with van der Waals surface area (Å²) in [7, 11) is -4.18. The first-order chi connectivity index (χ1) is 20.1. The number of aryl methyl sites for hydroxylation is 2. The highest BCUT2D eigenvalue weighted by Crippen LogP contribution is 2.33. The zero-order valence-electron chi connectivity index (χ0n) is 24.9. The standard InChI is InChI=1S/C33H41N3O5S/c1-5-41-31-17-11-10-16-30(31)36(42(39,40)29-20-18-24(2)19-21-29)23-32(37)35(22-27-13-7-6-12-25(27)3)26(4)33(38)34-28-14-8-9-15-28/h6-7,10-13,16-21,26,28H,5,8-9,14-15,22-23H2,1-4H3,(H,34,38). The predicted octanol–water partition coefficient (Wildman–Crippen LogP) is 5.37. The van der Waals surface area contributed by atoms with Gasteiger partial charge in [0.1, 0.15) is 18.3 Å². The van der Waals surface area contributed by atoms with Crippen LogP contribution < -0.4 is 14.4 Å². The number of nitrogens with zero attached hydrogens (tertiary/aromatic N) is 2. The molecule has 3 aromatic rings. The van der Waals surface area contributed by atoms with Gasteiger partial charge in [0.15, 0.2) is 0 Å². The minimum Gasteiger partial charge on any atom is -0.492 e. The van der Waals surface area contributed by atoms with Crippen LogP contribution in [0.15, 0.2) is 77.7 Å². The average Bonchev–Trinajstić information content (AvgIpc) is 3.49. The van der Waals surface area contributed by atoms with Gasteiger partial charge >= 0.3 is 0 Å². The molecule has 0 aliphatic heterocycles. The molecule has 4 rings (SSSR count). The van der Waals surface area contributed by atoms with Crippen molar-refractivity contribution >= 4 is 27.5 Å². The van der Waals surface area contributed by atoms with Crippen LogP contribution in [0.4, 0.5) is 5.69 Å². The number of carbonyl (C=O) groups is 2. The van der Waals surface area contributed by atoms with Crippen molar-refractivity contribution in [2.75, 3.05) is 17.5 Å². The Hall–Kier alpha value is -3.85. The van der Waals surface area contributed by atoms with Crippen LogP contribution in [0.25, 0.3) is 0 Å². The number of ether oxygens (including phenoxy) is 1. The maximum absolute atomic E-state index is 14.2. The number of hydrogen-bond acceptors (Lipinski definition) is 5. The minimum absolute atomic E-state index is 0.0599. The van der Waals surface area contributed by atoms with E-state index in [1.165, 1.54) is 17.0 Å². The van der Waals surface area contributed by atoms with Gasteiger partial charge in [-0.25, -0.2) is 8.42 Å². The third-order valence-corrected chi connectivity index (χ3v) is 9.57. The number of nitrogens with one attached hydrogen (secondary N) is 1. The van der Waals surface area contributed by atoms with E-state index in [1.54, 1.807) is 43.3 Å². The molecule has 1 atom stereocenters. The molecular weight excluding hydrogens is 550 g/mol. The van der Waals surface area contributed by atoms with E-state index in [4.69, 9.17) is 4.74 Å². The Kier molecular flexibility index (Phi) is 10.3. The van der Waals surface area contributed by atoms with Crippen molar-refractivity contribution in [1.82, 2.24) is 10.2 Å². The molecular formula is C33H41N3O5S. The number of para-hydroxylation sites is 2. The number of amides is 2. The summed E-state index contributed by atoms with van der Waals surface area (Å²) < 4.78 is 35.1. The van der Waals surface area contributed by atoms with Crippen molar-refractivity contribution < 1.29 is 22.7 Å². The number of sulfonamides is 1. The molecule has 0 saturated heterocycles. The van der Waals surface area contributed by atoms with E-state index in [2.05, 4.69) is 5.32 Å². The summed E-state index contributed by atoms with van der Waals surface area (Å²) >= 11 is 0. The lowest BCUT2D eigenvalue weighted by Crippen LogP contribution is -2.52. The Morgan fingerprint density at radius 1 is 0.952 bits per heavy atom. The van der Waals surface area contributed by atoms with Gasteiger partial charge in [-0.15, -0.1) is 0 Å². The van der Waals surface area contributed by atoms with Crippen LogP contribution in [0.3, 0.4) is 0 Å². The van der Waals surface area contributed by atoms with E-state index in [9.17, 15) is 18.0 Å². The van der Waals surface area contributed by atoms with E-state index in [1.807, 2.05) is 45.0 Å². The van der Waals surface area contributed by atoms with Crippen molar-refractivity contribution in [2.24, 2.45) is 0 Å².